The molecule has 134 valence electrons. The minimum Gasteiger partial charge on any atom is -0.494 e. The van der Waals surface area contributed by atoms with E-state index in [0.29, 0.717) is 19.6 Å². The molecule has 26 heavy (non-hydrogen) atoms. The molecule has 1 aromatic heterocycles. The Balaban J connectivity index is 1.58. The van der Waals surface area contributed by atoms with Crippen molar-refractivity contribution in [2.45, 2.75) is 19.9 Å². The topological polar surface area (TPSA) is 47.4 Å². The molecule has 0 bridgehead atoms. The van der Waals surface area contributed by atoms with E-state index < -0.39 is 0 Å². The smallest absolute Gasteiger partial charge is 0.227 e. The highest BCUT2D eigenvalue weighted by Gasteiger charge is 2.12. The third-order valence-electron chi connectivity index (χ3n) is 4.09. The zero-order valence-electron chi connectivity index (χ0n) is 15.1. The number of hydrogen-bond acceptors (Lipinski definition) is 3. The lowest BCUT2D eigenvalue weighted by Crippen LogP contribution is -2.27. The van der Waals surface area contributed by atoms with Crippen LogP contribution >= 0.6 is 0 Å². The van der Waals surface area contributed by atoms with E-state index in [0.717, 1.165) is 22.6 Å². The van der Waals surface area contributed by atoms with Crippen LogP contribution in [0.15, 0.2) is 67.0 Å². The molecule has 0 aliphatic rings. The van der Waals surface area contributed by atoms with Gasteiger partial charge in [0.1, 0.15) is 5.75 Å². The van der Waals surface area contributed by atoms with Gasteiger partial charge in [-0.15, -0.1) is 0 Å². The third-order valence-corrected chi connectivity index (χ3v) is 4.09. The number of likely N-dealkylation sites (N-methyl/N-ethyl adjacent to an activating group) is 1. The van der Waals surface area contributed by atoms with Gasteiger partial charge >= 0.3 is 0 Å². The minimum absolute atomic E-state index is 0.0616. The van der Waals surface area contributed by atoms with Crippen LogP contribution in [-0.2, 0) is 17.8 Å². The monoisotopic (exact) mass is 349 g/mol. The first-order chi connectivity index (χ1) is 12.7. The molecule has 0 unspecified atom stereocenters. The molecule has 1 heterocycles. The lowest BCUT2D eigenvalue weighted by atomic mass is 10.2. The van der Waals surface area contributed by atoms with Crippen molar-refractivity contribution >= 4 is 5.91 Å². The quantitative estimate of drug-likeness (QED) is 0.656. The van der Waals surface area contributed by atoms with Gasteiger partial charge in [0.2, 0.25) is 5.91 Å². The zero-order valence-corrected chi connectivity index (χ0v) is 15.1. The molecule has 0 atom stereocenters. The summed E-state index contributed by atoms with van der Waals surface area (Å²) in [5.41, 5.74) is 2.95. The van der Waals surface area contributed by atoms with Crippen molar-refractivity contribution in [3.63, 3.8) is 0 Å². The van der Waals surface area contributed by atoms with Gasteiger partial charge in [-0.25, -0.2) is 4.68 Å². The predicted octanol–water partition coefficient (Wildman–Crippen LogP) is 3.47. The van der Waals surface area contributed by atoms with Gasteiger partial charge in [0.15, 0.2) is 0 Å². The lowest BCUT2D eigenvalue weighted by Gasteiger charge is -2.17. The molecule has 0 fully saturated rings. The number of rotatable bonds is 7. The molecule has 0 saturated heterocycles. The highest BCUT2D eigenvalue weighted by Crippen LogP contribution is 2.14. The third kappa shape index (κ3) is 4.51. The molecule has 3 rings (SSSR count). The summed E-state index contributed by atoms with van der Waals surface area (Å²) in [7, 11) is 1.82. The molecule has 2 aromatic carbocycles. The SMILES string of the molecule is CCOc1ccc(CN(C)C(=O)Cc2cnn(-c3ccccc3)c2)cc1. The first-order valence-electron chi connectivity index (χ1n) is 8.70. The van der Waals surface area contributed by atoms with Crippen LogP contribution in [0.5, 0.6) is 5.75 Å². The van der Waals surface area contributed by atoms with Gasteiger partial charge in [-0.2, -0.15) is 5.10 Å². The van der Waals surface area contributed by atoms with E-state index in [1.807, 2.05) is 74.8 Å². The molecule has 0 spiro atoms. The Morgan fingerprint density at radius 2 is 1.81 bits per heavy atom. The summed E-state index contributed by atoms with van der Waals surface area (Å²) in [6.07, 6.45) is 3.98. The first-order valence-corrected chi connectivity index (χ1v) is 8.70. The molecule has 5 heteroatoms. The largest absolute Gasteiger partial charge is 0.494 e. The van der Waals surface area contributed by atoms with Gasteiger partial charge in [-0.05, 0) is 42.3 Å². The van der Waals surface area contributed by atoms with E-state index in [2.05, 4.69) is 5.10 Å². The van der Waals surface area contributed by atoms with Crippen LogP contribution in [-0.4, -0.2) is 34.2 Å². The van der Waals surface area contributed by atoms with Crippen molar-refractivity contribution in [2.24, 2.45) is 0 Å². The average Bonchev–Trinajstić information content (AvgIpc) is 3.13. The van der Waals surface area contributed by atoms with E-state index >= 15 is 0 Å². The molecule has 1 amide bonds. The minimum atomic E-state index is 0.0616. The molecular formula is C21H23N3O2. The fraction of sp³-hybridized carbons (Fsp3) is 0.238. The summed E-state index contributed by atoms with van der Waals surface area (Å²) in [4.78, 5) is 14.2. The highest BCUT2D eigenvalue weighted by molar-refractivity contribution is 5.78. The van der Waals surface area contributed by atoms with Gasteiger partial charge in [0.25, 0.3) is 0 Å². The number of hydrogen-bond donors (Lipinski definition) is 0. The number of carbonyl (C=O) groups excluding carboxylic acids is 1. The second kappa shape index (κ2) is 8.34. The molecular weight excluding hydrogens is 326 g/mol. The van der Waals surface area contributed by atoms with Crippen molar-refractivity contribution in [3.8, 4) is 11.4 Å². The van der Waals surface area contributed by atoms with Gasteiger partial charge in [-0.3, -0.25) is 4.79 Å². The number of nitrogens with zero attached hydrogens (tertiary/aromatic N) is 3. The van der Waals surface area contributed by atoms with Crippen LogP contribution in [0, 0.1) is 0 Å². The van der Waals surface area contributed by atoms with Gasteiger partial charge in [0.05, 0.1) is 24.9 Å². The Hall–Kier alpha value is -3.08. The van der Waals surface area contributed by atoms with Crippen LogP contribution < -0.4 is 4.74 Å². The maximum Gasteiger partial charge on any atom is 0.227 e. The Morgan fingerprint density at radius 3 is 2.50 bits per heavy atom. The molecule has 0 aliphatic heterocycles. The number of ether oxygens (including phenoxy) is 1. The highest BCUT2D eigenvalue weighted by atomic mass is 16.5. The second-order valence-corrected chi connectivity index (χ2v) is 6.13. The maximum atomic E-state index is 12.5. The fourth-order valence-electron chi connectivity index (χ4n) is 2.70. The normalized spacial score (nSPS) is 10.5. The molecule has 0 aliphatic carbocycles. The number of para-hydroxylation sites is 1. The van der Waals surface area contributed by atoms with Crippen LogP contribution in [0.2, 0.25) is 0 Å². The van der Waals surface area contributed by atoms with Crippen LogP contribution in [0.3, 0.4) is 0 Å². The molecule has 5 nitrogen and oxygen atoms in total. The summed E-state index contributed by atoms with van der Waals surface area (Å²) in [6.45, 7) is 3.17. The Bertz CT molecular complexity index is 841. The van der Waals surface area contributed by atoms with Gasteiger partial charge in [-0.1, -0.05) is 30.3 Å². The van der Waals surface area contributed by atoms with E-state index in [1.165, 1.54) is 0 Å². The standard InChI is InChI=1S/C21H23N3O2/c1-3-26-20-11-9-17(10-12-20)15-23(2)21(25)13-18-14-22-24(16-18)19-7-5-4-6-8-19/h4-12,14,16H,3,13,15H2,1-2H3. The molecule has 0 saturated carbocycles. The summed E-state index contributed by atoms with van der Waals surface area (Å²) in [6, 6.07) is 17.7. The molecule has 0 N–H and O–H groups in total. The molecule has 3 aromatic rings. The van der Waals surface area contributed by atoms with Crippen molar-refractivity contribution in [1.82, 2.24) is 14.7 Å². The summed E-state index contributed by atoms with van der Waals surface area (Å²) in [5.74, 6) is 0.907. The Morgan fingerprint density at radius 1 is 1.08 bits per heavy atom. The zero-order chi connectivity index (χ0) is 18.4. The number of amides is 1. The van der Waals surface area contributed by atoms with Gasteiger partial charge < -0.3 is 9.64 Å². The van der Waals surface area contributed by atoms with Crippen molar-refractivity contribution < 1.29 is 9.53 Å². The maximum absolute atomic E-state index is 12.5. The Labute approximate surface area is 153 Å². The summed E-state index contributed by atoms with van der Waals surface area (Å²) in [5, 5.41) is 4.34. The van der Waals surface area contributed by atoms with Gasteiger partial charge in [0, 0.05) is 19.8 Å². The van der Waals surface area contributed by atoms with E-state index in [1.54, 1.807) is 15.8 Å². The number of benzene rings is 2. The fourth-order valence-corrected chi connectivity index (χ4v) is 2.70. The van der Waals surface area contributed by atoms with Crippen LogP contribution in [0.1, 0.15) is 18.1 Å². The first kappa shape index (κ1) is 17.7. The van der Waals surface area contributed by atoms with E-state index in [9.17, 15) is 4.79 Å². The van der Waals surface area contributed by atoms with Crippen molar-refractivity contribution in [3.05, 3.63) is 78.1 Å². The number of carbonyl (C=O) groups is 1. The van der Waals surface area contributed by atoms with E-state index in [4.69, 9.17) is 4.74 Å². The number of aromatic nitrogens is 2. The average molecular weight is 349 g/mol. The van der Waals surface area contributed by atoms with Crippen molar-refractivity contribution in [2.75, 3.05) is 13.7 Å². The van der Waals surface area contributed by atoms with E-state index in [-0.39, 0.29) is 5.91 Å². The molecule has 0 radical (unpaired) electrons. The van der Waals surface area contributed by atoms with Crippen LogP contribution in [0.4, 0.5) is 0 Å². The predicted molar refractivity (Wildman–Crippen MR) is 101 cm³/mol. The second-order valence-electron chi connectivity index (χ2n) is 6.13. The van der Waals surface area contributed by atoms with Crippen LogP contribution in [0.25, 0.3) is 5.69 Å². The summed E-state index contributed by atoms with van der Waals surface area (Å²) >= 11 is 0. The lowest BCUT2D eigenvalue weighted by molar-refractivity contribution is -0.129. The Kier molecular flexibility index (Phi) is 5.69. The summed E-state index contributed by atoms with van der Waals surface area (Å²) < 4.78 is 7.23. The van der Waals surface area contributed by atoms with Crippen molar-refractivity contribution in [1.29, 1.82) is 0 Å².